The summed E-state index contributed by atoms with van der Waals surface area (Å²) in [6.45, 7) is 8.29. The zero-order valence-corrected chi connectivity index (χ0v) is 17.4. The summed E-state index contributed by atoms with van der Waals surface area (Å²) < 4.78 is 6.07. The molecule has 0 spiro atoms. The Morgan fingerprint density at radius 1 is 1.00 bits per heavy atom. The molecule has 3 aromatic rings. The first kappa shape index (κ1) is 20.0. The van der Waals surface area contributed by atoms with Crippen LogP contribution in [0, 0.1) is 6.92 Å². The summed E-state index contributed by atoms with van der Waals surface area (Å²) >= 11 is 0. The van der Waals surface area contributed by atoms with Crippen LogP contribution in [0.5, 0.6) is 11.6 Å². The second-order valence-electron chi connectivity index (χ2n) is 7.42. The second kappa shape index (κ2) is 9.05. The number of amides is 1. The highest BCUT2D eigenvalue weighted by atomic mass is 16.5. The second-order valence-corrected chi connectivity index (χ2v) is 7.42. The number of aryl methyl sites for hydroxylation is 1. The number of hydrogen-bond donors (Lipinski definition) is 0. The molecule has 0 saturated carbocycles. The summed E-state index contributed by atoms with van der Waals surface area (Å²) in [7, 11) is 0. The lowest BCUT2D eigenvalue weighted by Crippen LogP contribution is -2.48. The summed E-state index contributed by atoms with van der Waals surface area (Å²) in [6.07, 6.45) is 1.59. The van der Waals surface area contributed by atoms with E-state index in [4.69, 9.17) is 4.74 Å². The minimum Gasteiger partial charge on any atom is -0.438 e. The Balaban J connectivity index is 1.66. The van der Waals surface area contributed by atoms with E-state index in [9.17, 15) is 4.79 Å². The SMILES string of the molecule is CCN1CCN(C(=O)c2cnc(-c3ccccc3)nc2Oc2ccc(C)cc2)CC1. The first-order valence-corrected chi connectivity index (χ1v) is 10.3. The number of benzene rings is 2. The van der Waals surface area contributed by atoms with Crippen LogP contribution < -0.4 is 4.74 Å². The molecular formula is C24H26N4O2. The van der Waals surface area contributed by atoms with Crippen molar-refractivity contribution in [2.75, 3.05) is 32.7 Å². The van der Waals surface area contributed by atoms with Gasteiger partial charge in [-0.05, 0) is 25.6 Å². The van der Waals surface area contributed by atoms with Gasteiger partial charge in [0, 0.05) is 37.9 Å². The fourth-order valence-electron chi connectivity index (χ4n) is 3.47. The Hall–Kier alpha value is -3.25. The largest absolute Gasteiger partial charge is 0.438 e. The van der Waals surface area contributed by atoms with Gasteiger partial charge in [-0.3, -0.25) is 4.79 Å². The van der Waals surface area contributed by atoms with E-state index in [1.807, 2.05) is 66.4 Å². The smallest absolute Gasteiger partial charge is 0.261 e. The fraction of sp³-hybridized carbons (Fsp3) is 0.292. The van der Waals surface area contributed by atoms with Crippen molar-refractivity contribution in [2.45, 2.75) is 13.8 Å². The molecule has 0 radical (unpaired) electrons. The molecule has 1 saturated heterocycles. The highest BCUT2D eigenvalue weighted by molar-refractivity contribution is 5.96. The summed E-state index contributed by atoms with van der Waals surface area (Å²) in [5, 5.41) is 0. The first-order valence-electron chi connectivity index (χ1n) is 10.3. The molecule has 1 aromatic heterocycles. The molecule has 1 amide bonds. The number of hydrogen-bond acceptors (Lipinski definition) is 5. The molecule has 2 heterocycles. The van der Waals surface area contributed by atoms with Gasteiger partial charge in [0.1, 0.15) is 11.3 Å². The van der Waals surface area contributed by atoms with Gasteiger partial charge in [-0.25, -0.2) is 4.98 Å². The number of piperazine rings is 1. The van der Waals surface area contributed by atoms with E-state index >= 15 is 0 Å². The molecule has 1 fully saturated rings. The van der Waals surface area contributed by atoms with Gasteiger partial charge in [0.2, 0.25) is 5.88 Å². The number of carbonyl (C=O) groups excluding carboxylic acids is 1. The molecule has 0 unspecified atom stereocenters. The zero-order valence-electron chi connectivity index (χ0n) is 17.4. The van der Waals surface area contributed by atoms with Gasteiger partial charge in [0.05, 0.1) is 0 Å². The van der Waals surface area contributed by atoms with Crippen molar-refractivity contribution < 1.29 is 9.53 Å². The third-order valence-corrected chi connectivity index (χ3v) is 5.36. The van der Waals surface area contributed by atoms with Gasteiger partial charge in [0.15, 0.2) is 5.82 Å². The first-order chi connectivity index (χ1) is 14.6. The average molecular weight is 402 g/mol. The maximum atomic E-state index is 13.3. The maximum Gasteiger partial charge on any atom is 0.261 e. The van der Waals surface area contributed by atoms with E-state index in [2.05, 4.69) is 21.8 Å². The Bertz CT molecular complexity index is 997. The van der Waals surface area contributed by atoms with E-state index in [-0.39, 0.29) is 11.8 Å². The molecule has 4 rings (SSSR count). The van der Waals surface area contributed by atoms with E-state index in [0.29, 0.717) is 30.2 Å². The standard InChI is InChI=1S/C24H26N4O2/c1-3-27-13-15-28(16-14-27)24(29)21-17-25-22(19-7-5-4-6-8-19)26-23(21)30-20-11-9-18(2)10-12-20/h4-12,17H,3,13-16H2,1-2H3. The molecular weight excluding hydrogens is 376 g/mol. The molecule has 2 aromatic carbocycles. The number of nitrogens with zero attached hydrogens (tertiary/aromatic N) is 4. The van der Waals surface area contributed by atoms with Gasteiger partial charge in [-0.2, -0.15) is 4.98 Å². The predicted octanol–water partition coefficient (Wildman–Crippen LogP) is 4.02. The van der Waals surface area contributed by atoms with Crippen molar-refractivity contribution in [3.8, 4) is 23.0 Å². The van der Waals surface area contributed by atoms with Crippen LogP contribution in [0.2, 0.25) is 0 Å². The van der Waals surface area contributed by atoms with Gasteiger partial charge in [0.25, 0.3) is 5.91 Å². The zero-order chi connectivity index (χ0) is 20.9. The normalized spacial score (nSPS) is 14.5. The summed E-state index contributed by atoms with van der Waals surface area (Å²) in [5.41, 5.74) is 2.40. The lowest BCUT2D eigenvalue weighted by molar-refractivity contribution is 0.0639. The maximum absolute atomic E-state index is 13.3. The molecule has 30 heavy (non-hydrogen) atoms. The van der Waals surface area contributed by atoms with Crippen LogP contribution in [0.4, 0.5) is 0 Å². The Morgan fingerprint density at radius 3 is 2.37 bits per heavy atom. The van der Waals surface area contributed by atoms with Crippen LogP contribution in [-0.2, 0) is 0 Å². The number of aromatic nitrogens is 2. The van der Waals surface area contributed by atoms with Crippen LogP contribution >= 0.6 is 0 Å². The van der Waals surface area contributed by atoms with Crippen LogP contribution in [-0.4, -0.2) is 58.4 Å². The third kappa shape index (κ3) is 4.49. The number of carbonyl (C=O) groups is 1. The molecule has 6 nitrogen and oxygen atoms in total. The van der Waals surface area contributed by atoms with Crippen LogP contribution in [0.3, 0.4) is 0 Å². The third-order valence-electron chi connectivity index (χ3n) is 5.36. The van der Waals surface area contributed by atoms with Crippen molar-refractivity contribution in [3.05, 3.63) is 71.9 Å². The highest BCUT2D eigenvalue weighted by Crippen LogP contribution is 2.27. The van der Waals surface area contributed by atoms with Crippen molar-refractivity contribution in [2.24, 2.45) is 0 Å². The minimum atomic E-state index is -0.0903. The molecule has 0 bridgehead atoms. The van der Waals surface area contributed by atoms with Gasteiger partial charge >= 0.3 is 0 Å². The molecule has 0 aliphatic carbocycles. The number of likely N-dealkylation sites (N-methyl/N-ethyl adjacent to an activating group) is 1. The van der Waals surface area contributed by atoms with Gasteiger partial charge in [-0.1, -0.05) is 55.0 Å². The van der Waals surface area contributed by atoms with Crippen LogP contribution in [0.25, 0.3) is 11.4 Å². The molecule has 154 valence electrons. The van der Waals surface area contributed by atoms with E-state index in [1.165, 1.54) is 0 Å². The van der Waals surface area contributed by atoms with Crippen molar-refractivity contribution in [1.29, 1.82) is 0 Å². The molecule has 6 heteroatoms. The van der Waals surface area contributed by atoms with E-state index in [0.717, 1.165) is 30.8 Å². The van der Waals surface area contributed by atoms with Gasteiger partial charge < -0.3 is 14.5 Å². The minimum absolute atomic E-state index is 0.0903. The average Bonchev–Trinajstić information content (AvgIpc) is 2.81. The van der Waals surface area contributed by atoms with E-state index in [1.54, 1.807) is 6.20 Å². The lowest BCUT2D eigenvalue weighted by Gasteiger charge is -2.34. The summed E-state index contributed by atoms with van der Waals surface area (Å²) in [6, 6.07) is 17.4. The quantitative estimate of drug-likeness (QED) is 0.645. The lowest BCUT2D eigenvalue weighted by atomic mass is 10.2. The highest BCUT2D eigenvalue weighted by Gasteiger charge is 2.26. The van der Waals surface area contributed by atoms with Crippen molar-refractivity contribution in [3.63, 3.8) is 0 Å². The van der Waals surface area contributed by atoms with E-state index < -0.39 is 0 Å². The van der Waals surface area contributed by atoms with Crippen molar-refractivity contribution >= 4 is 5.91 Å². The Kier molecular flexibility index (Phi) is 6.05. The number of rotatable bonds is 5. The monoisotopic (exact) mass is 402 g/mol. The predicted molar refractivity (Wildman–Crippen MR) is 117 cm³/mol. The Labute approximate surface area is 177 Å². The molecule has 0 atom stereocenters. The fourth-order valence-corrected chi connectivity index (χ4v) is 3.47. The molecule has 1 aliphatic heterocycles. The van der Waals surface area contributed by atoms with Crippen LogP contribution in [0.1, 0.15) is 22.8 Å². The summed E-state index contributed by atoms with van der Waals surface area (Å²) in [5.74, 6) is 1.37. The van der Waals surface area contributed by atoms with Crippen molar-refractivity contribution in [1.82, 2.24) is 19.8 Å². The number of ether oxygens (including phenoxy) is 1. The van der Waals surface area contributed by atoms with Gasteiger partial charge in [-0.15, -0.1) is 0 Å². The topological polar surface area (TPSA) is 58.6 Å². The molecule has 0 N–H and O–H groups in total. The Morgan fingerprint density at radius 2 is 1.70 bits per heavy atom. The van der Waals surface area contributed by atoms with Crippen LogP contribution in [0.15, 0.2) is 60.8 Å². The molecule has 1 aliphatic rings. The summed E-state index contributed by atoms with van der Waals surface area (Å²) in [4.78, 5) is 26.5.